The average molecular weight is 559 g/mol. The van der Waals surface area contributed by atoms with Crippen LogP contribution in [0.15, 0.2) is 36.4 Å². The van der Waals surface area contributed by atoms with Gasteiger partial charge in [0.05, 0.1) is 12.1 Å². The molecule has 2 aliphatic rings. The molecule has 0 aliphatic carbocycles. The number of hydroxylamine groups is 1. The highest BCUT2D eigenvalue weighted by atomic mass is 16.8. The van der Waals surface area contributed by atoms with Crippen LogP contribution in [0.25, 0.3) is 6.08 Å². The number of carbonyl (C=O) groups excluding carboxylic acids is 3. The van der Waals surface area contributed by atoms with Crippen LogP contribution in [0.3, 0.4) is 0 Å². The lowest BCUT2D eigenvalue weighted by molar-refractivity contribution is -0.207. The average Bonchev–Trinajstić information content (AvgIpc) is 2.97. The number of hydrogen-bond donors (Lipinski definition) is 2. The third-order valence-electron chi connectivity index (χ3n) is 7.07. The number of hydrogen-bond acceptors (Lipinski definition) is 7. The Labute approximate surface area is 238 Å². The number of ether oxygens (including phenoxy) is 2. The molecular formula is C30H46N4O6. The van der Waals surface area contributed by atoms with Crippen molar-refractivity contribution < 1.29 is 28.7 Å². The summed E-state index contributed by atoms with van der Waals surface area (Å²) in [5.41, 5.74) is 9.60. The van der Waals surface area contributed by atoms with E-state index in [0.717, 1.165) is 18.4 Å². The van der Waals surface area contributed by atoms with Crippen molar-refractivity contribution in [1.82, 2.24) is 15.5 Å². The van der Waals surface area contributed by atoms with Gasteiger partial charge in [0.2, 0.25) is 5.91 Å². The van der Waals surface area contributed by atoms with E-state index in [9.17, 15) is 14.4 Å². The molecule has 0 spiro atoms. The molecule has 0 radical (unpaired) electrons. The maximum Gasteiger partial charge on any atom is 0.268 e. The van der Waals surface area contributed by atoms with E-state index in [0.29, 0.717) is 45.5 Å². The number of carbonyl (C=O) groups is 3. The van der Waals surface area contributed by atoms with Gasteiger partial charge < -0.3 is 15.2 Å². The first-order valence-corrected chi connectivity index (χ1v) is 14.5. The van der Waals surface area contributed by atoms with Crippen molar-refractivity contribution in [3.05, 3.63) is 42.0 Å². The lowest BCUT2D eigenvalue weighted by Gasteiger charge is -2.45. The smallest absolute Gasteiger partial charge is 0.268 e. The van der Waals surface area contributed by atoms with Crippen molar-refractivity contribution in [2.75, 3.05) is 19.8 Å². The number of amides is 3. The molecule has 1 aromatic rings. The van der Waals surface area contributed by atoms with E-state index in [1.807, 2.05) is 56.3 Å². The SMILES string of the molecule is CC(C)CCC(=O)N([C@@H](CC=Cc1ccccc1)C(=O)NOC1CCCCO1)N(C(=O)[C@@H](C)N)C1CCOCC1. The summed E-state index contributed by atoms with van der Waals surface area (Å²) in [7, 11) is 0. The third kappa shape index (κ3) is 9.69. The van der Waals surface area contributed by atoms with Crippen molar-refractivity contribution in [3.63, 3.8) is 0 Å². The molecule has 3 rings (SSSR count). The molecule has 0 saturated carbocycles. The number of rotatable bonds is 12. The van der Waals surface area contributed by atoms with Gasteiger partial charge in [0.15, 0.2) is 6.29 Å². The van der Waals surface area contributed by atoms with E-state index in [1.165, 1.54) is 10.0 Å². The second-order valence-electron chi connectivity index (χ2n) is 10.9. The zero-order valence-electron chi connectivity index (χ0n) is 24.1. The molecule has 2 heterocycles. The number of hydrazine groups is 1. The quantitative estimate of drug-likeness (QED) is 0.376. The number of nitrogens with two attached hydrogens (primary N) is 1. The van der Waals surface area contributed by atoms with Gasteiger partial charge in [0.1, 0.15) is 6.04 Å². The fraction of sp³-hybridized carbons (Fsp3) is 0.633. The molecule has 3 N–H and O–H groups in total. The molecule has 0 bridgehead atoms. The second-order valence-corrected chi connectivity index (χ2v) is 10.9. The summed E-state index contributed by atoms with van der Waals surface area (Å²) in [5.74, 6) is -0.981. The molecule has 10 nitrogen and oxygen atoms in total. The van der Waals surface area contributed by atoms with E-state index in [4.69, 9.17) is 20.0 Å². The van der Waals surface area contributed by atoms with Crippen LogP contribution in [0.2, 0.25) is 0 Å². The maximum atomic E-state index is 13.9. The second kappa shape index (κ2) is 16.5. The topological polar surface area (TPSA) is 123 Å². The summed E-state index contributed by atoms with van der Waals surface area (Å²) < 4.78 is 11.1. The van der Waals surface area contributed by atoms with Crippen molar-refractivity contribution in [3.8, 4) is 0 Å². The molecular weight excluding hydrogens is 512 g/mol. The Morgan fingerprint density at radius 2 is 1.80 bits per heavy atom. The van der Waals surface area contributed by atoms with Crippen molar-refractivity contribution in [2.24, 2.45) is 11.7 Å². The Morgan fingerprint density at radius 3 is 2.42 bits per heavy atom. The van der Waals surface area contributed by atoms with Gasteiger partial charge in [0, 0.05) is 32.7 Å². The standard InChI is InChI=1S/C30H46N4O6/c1-22(2)15-16-27(35)34(33(30(37)23(3)31)25-17-20-38-21-18-25)26(13-9-12-24-10-5-4-6-11-24)29(36)32-40-28-14-7-8-19-39-28/h4-6,9-12,22-23,25-26,28H,7-8,13-21,31H2,1-3H3,(H,32,36)/t23-,26+,28?/m1/s1. The fourth-order valence-corrected chi connectivity index (χ4v) is 4.78. The van der Waals surface area contributed by atoms with Crippen LogP contribution in [0.4, 0.5) is 0 Å². The highest BCUT2D eigenvalue weighted by Crippen LogP contribution is 2.24. The molecule has 1 aromatic carbocycles. The highest BCUT2D eigenvalue weighted by molar-refractivity contribution is 5.90. The zero-order valence-corrected chi connectivity index (χ0v) is 24.1. The number of nitrogens with one attached hydrogen (secondary N) is 1. The normalized spacial score (nSPS) is 19.8. The van der Waals surface area contributed by atoms with Crippen LogP contribution in [-0.4, -0.2) is 72.0 Å². The van der Waals surface area contributed by atoms with E-state index >= 15 is 0 Å². The van der Waals surface area contributed by atoms with E-state index < -0.39 is 30.2 Å². The minimum Gasteiger partial charge on any atom is -0.381 e. The molecule has 0 aromatic heterocycles. The Balaban J connectivity index is 1.96. The van der Waals surface area contributed by atoms with Crippen LogP contribution < -0.4 is 11.2 Å². The van der Waals surface area contributed by atoms with Crippen LogP contribution in [0.1, 0.15) is 77.7 Å². The zero-order chi connectivity index (χ0) is 28.9. The van der Waals surface area contributed by atoms with Crippen molar-refractivity contribution in [2.45, 2.75) is 96.6 Å². The Bertz CT molecular complexity index is 958. The van der Waals surface area contributed by atoms with Gasteiger partial charge in [0.25, 0.3) is 11.8 Å². The van der Waals surface area contributed by atoms with Gasteiger partial charge in [-0.1, -0.05) is 56.3 Å². The summed E-state index contributed by atoms with van der Waals surface area (Å²) >= 11 is 0. The minimum absolute atomic E-state index is 0.162. The lowest BCUT2D eigenvalue weighted by atomic mass is 10.0. The summed E-state index contributed by atoms with van der Waals surface area (Å²) in [5, 5.41) is 2.79. The first kappa shape index (κ1) is 31.7. The lowest BCUT2D eigenvalue weighted by Crippen LogP contribution is -2.64. The third-order valence-corrected chi connectivity index (χ3v) is 7.07. The summed E-state index contributed by atoms with van der Waals surface area (Å²) in [6, 6.07) is 7.45. The van der Waals surface area contributed by atoms with E-state index in [2.05, 4.69) is 5.48 Å². The minimum atomic E-state index is -1.05. The Morgan fingerprint density at radius 1 is 1.07 bits per heavy atom. The van der Waals surface area contributed by atoms with Crippen LogP contribution >= 0.6 is 0 Å². The largest absolute Gasteiger partial charge is 0.381 e. The van der Waals surface area contributed by atoms with Gasteiger partial charge in [-0.2, -0.15) is 0 Å². The van der Waals surface area contributed by atoms with E-state index in [1.54, 1.807) is 6.92 Å². The van der Waals surface area contributed by atoms with Gasteiger partial charge >= 0.3 is 0 Å². The number of nitrogens with zero attached hydrogens (tertiary/aromatic N) is 2. The summed E-state index contributed by atoms with van der Waals surface area (Å²) in [6.45, 7) is 7.13. The first-order valence-electron chi connectivity index (χ1n) is 14.5. The van der Waals surface area contributed by atoms with Crippen molar-refractivity contribution >= 4 is 23.8 Å². The molecule has 3 atom stereocenters. The number of benzene rings is 1. The molecule has 1 unspecified atom stereocenters. The molecule has 10 heteroatoms. The summed E-state index contributed by atoms with van der Waals surface area (Å²) in [4.78, 5) is 47.0. The molecule has 222 valence electrons. The monoisotopic (exact) mass is 558 g/mol. The molecule has 2 fully saturated rings. The van der Waals surface area contributed by atoms with Gasteiger partial charge in [-0.05, 0) is 56.9 Å². The molecule has 40 heavy (non-hydrogen) atoms. The first-order chi connectivity index (χ1) is 19.3. The predicted molar refractivity (Wildman–Crippen MR) is 152 cm³/mol. The highest BCUT2D eigenvalue weighted by Gasteiger charge is 2.41. The van der Waals surface area contributed by atoms with Crippen molar-refractivity contribution in [1.29, 1.82) is 0 Å². The molecule has 2 aliphatic heterocycles. The van der Waals surface area contributed by atoms with Crippen LogP contribution in [0.5, 0.6) is 0 Å². The Kier molecular flexibility index (Phi) is 13.1. The summed E-state index contributed by atoms with van der Waals surface area (Å²) in [6.07, 6.45) is 7.75. The van der Waals surface area contributed by atoms with Crippen LogP contribution in [0, 0.1) is 5.92 Å². The van der Waals surface area contributed by atoms with Crippen LogP contribution in [-0.2, 0) is 28.7 Å². The maximum absolute atomic E-state index is 13.9. The van der Waals surface area contributed by atoms with Gasteiger partial charge in [-0.3, -0.25) is 14.4 Å². The predicted octanol–water partition coefficient (Wildman–Crippen LogP) is 3.57. The van der Waals surface area contributed by atoms with Gasteiger partial charge in [-0.15, -0.1) is 0 Å². The van der Waals surface area contributed by atoms with Gasteiger partial charge in [-0.25, -0.2) is 20.3 Å². The fourth-order valence-electron chi connectivity index (χ4n) is 4.78. The molecule has 2 saturated heterocycles. The molecule has 3 amide bonds. The Hall–Kier alpha value is -2.79. The van der Waals surface area contributed by atoms with E-state index in [-0.39, 0.29) is 30.7 Å².